The van der Waals surface area contributed by atoms with E-state index in [9.17, 15) is 9.59 Å². The first-order chi connectivity index (χ1) is 11.3. The molecule has 0 aromatic heterocycles. The molecule has 0 spiro atoms. The maximum absolute atomic E-state index is 12.5. The van der Waals surface area contributed by atoms with Gasteiger partial charge in [0.15, 0.2) is 0 Å². The van der Waals surface area contributed by atoms with E-state index < -0.39 is 5.54 Å². The van der Waals surface area contributed by atoms with Crippen molar-refractivity contribution in [3.8, 4) is 0 Å². The summed E-state index contributed by atoms with van der Waals surface area (Å²) in [5.74, 6) is 0.275. The Morgan fingerprint density at radius 2 is 1.79 bits per heavy atom. The fourth-order valence-corrected chi connectivity index (χ4v) is 3.85. The number of piperidine rings is 1. The Bertz CT molecular complexity index is 444. The number of carbonyl (C=O) groups excluding carboxylic acids is 2. The number of rotatable bonds is 5. The Morgan fingerprint density at radius 3 is 2.38 bits per heavy atom. The van der Waals surface area contributed by atoms with Gasteiger partial charge in [-0.25, -0.2) is 0 Å². The van der Waals surface area contributed by atoms with E-state index >= 15 is 0 Å². The van der Waals surface area contributed by atoms with Crippen LogP contribution in [0.25, 0.3) is 0 Å². The van der Waals surface area contributed by atoms with Crippen molar-refractivity contribution >= 4 is 11.8 Å². The Morgan fingerprint density at radius 1 is 1.12 bits per heavy atom. The fraction of sp³-hybridized carbons (Fsp3) is 0.889. The molecule has 2 saturated heterocycles. The molecule has 0 radical (unpaired) electrons. The van der Waals surface area contributed by atoms with Crippen LogP contribution in [-0.4, -0.2) is 77.4 Å². The van der Waals surface area contributed by atoms with E-state index in [4.69, 9.17) is 5.73 Å². The van der Waals surface area contributed by atoms with E-state index in [1.165, 1.54) is 6.42 Å². The summed E-state index contributed by atoms with van der Waals surface area (Å²) in [5, 5.41) is 0. The second-order valence-corrected chi connectivity index (χ2v) is 7.67. The third kappa shape index (κ3) is 4.70. The van der Waals surface area contributed by atoms with Gasteiger partial charge in [0.1, 0.15) is 0 Å². The van der Waals surface area contributed by atoms with Crippen LogP contribution in [-0.2, 0) is 9.59 Å². The molecule has 24 heavy (non-hydrogen) atoms. The molecule has 0 aromatic carbocycles. The van der Waals surface area contributed by atoms with Gasteiger partial charge in [-0.15, -0.1) is 0 Å². The summed E-state index contributed by atoms with van der Waals surface area (Å²) in [7, 11) is 0. The third-order valence-corrected chi connectivity index (χ3v) is 5.40. The smallest absolute Gasteiger partial charge is 0.242 e. The highest BCUT2D eigenvalue weighted by molar-refractivity contribution is 5.85. The molecule has 0 saturated carbocycles. The van der Waals surface area contributed by atoms with Crippen molar-refractivity contribution in [2.45, 2.75) is 64.5 Å². The van der Waals surface area contributed by atoms with E-state index in [0.717, 1.165) is 38.9 Å². The van der Waals surface area contributed by atoms with E-state index in [-0.39, 0.29) is 11.8 Å². The Labute approximate surface area is 146 Å². The van der Waals surface area contributed by atoms with Gasteiger partial charge in [0.2, 0.25) is 11.8 Å². The number of nitrogens with two attached hydrogens (primary N) is 1. The maximum Gasteiger partial charge on any atom is 0.242 e. The Balaban J connectivity index is 1.80. The molecular weight excluding hydrogens is 304 g/mol. The molecule has 0 bridgehead atoms. The molecule has 2 N–H and O–H groups in total. The van der Waals surface area contributed by atoms with Crippen molar-refractivity contribution in [2.75, 3.05) is 39.3 Å². The summed E-state index contributed by atoms with van der Waals surface area (Å²) in [4.78, 5) is 31.1. The summed E-state index contributed by atoms with van der Waals surface area (Å²) < 4.78 is 0. The van der Waals surface area contributed by atoms with Crippen LogP contribution < -0.4 is 5.73 Å². The topological polar surface area (TPSA) is 69.9 Å². The molecule has 2 aliphatic heterocycles. The second kappa shape index (κ2) is 8.30. The number of likely N-dealkylation sites (tertiary alicyclic amines) is 1. The van der Waals surface area contributed by atoms with Crippen molar-refractivity contribution in [2.24, 2.45) is 5.73 Å². The SMILES string of the molecule is CCCC(C)(N)C(=O)N1CCN(CC(=O)N2CCCCC2C)CC1. The first-order valence-corrected chi connectivity index (χ1v) is 9.45. The highest BCUT2D eigenvalue weighted by atomic mass is 16.2. The van der Waals surface area contributed by atoms with Crippen LogP contribution in [0.3, 0.4) is 0 Å². The van der Waals surface area contributed by atoms with Gasteiger partial charge in [0.25, 0.3) is 0 Å². The quantitative estimate of drug-likeness (QED) is 0.813. The van der Waals surface area contributed by atoms with Gasteiger partial charge < -0.3 is 15.5 Å². The summed E-state index contributed by atoms with van der Waals surface area (Å²) in [6, 6.07) is 0.362. The molecule has 2 fully saturated rings. The summed E-state index contributed by atoms with van der Waals surface area (Å²) in [5.41, 5.74) is 5.40. The zero-order valence-corrected chi connectivity index (χ0v) is 15.6. The minimum absolute atomic E-state index is 0.0416. The Hall–Kier alpha value is -1.14. The van der Waals surface area contributed by atoms with Crippen LogP contribution in [0.1, 0.15) is 52.9 Å². The van der Waals surface area contributed by atoms with E-state index in [1.807, 2.05) is 23.6 Å². The van der Waals surface area contributed by atoms with Gasteiger partial charge in [-0.2, -0.15) is 0 Å². The molecule has 2 atom stereocenters. The summed E-state index contributed by atoms with van der Waals surface area (Å²) >= 11 is 0. The lowest BCUT2D eigenvalue weighted by atomic mass is 9.95. The maximum atomic E-state index is 12.5. The molecule has 6 heteroatoms. The normalized spacial score (nSPS) is 25.4. The highest BCUT2D eigenvalue weighted by Gasteiger charge is 2.34. The number of nitrogens with zero attached hydrogens (tertiary/aromatic N) is 3. The van der Waals surface area contributed by atoms with Gasteiger partial charge >= 0.3 is 0 Å². The summed E-state index contributed by atoms with van der Waals surface area (Å²) in [6.45, 7) is 10.2. The second-order valence-electron chi connectivity index (χ2n) is 7.67. The van der Waals surface area contributed by atoms with Crippen molar-refractivity contribution in [3.05, 3.63) is 0 Å². The van der Waals surface area contributed by atoms with Crippen LogP contribution >= 0.6 is 0 Å². The zero-order chi connectivity index (χ0) is 17.7. The van der Waals surface area contributed by atoms with Gasteiger partial charge in [0.05, 0.1) is 12.1 Å². The number of hydrogen-bond acceptors (Lipinski definition) is 4. The van der Waals surface area contributed by atoms with Gasteiger partial charge in [-0.3, -0.25) is 14.5 Å². The van der Waals surface area contributed by atoms with Crippen LogP contribution in [0.2, 0.25) is 0 Å². The van der Waals surface area contributed by atoms with Crippen molar-refractivity contribution in [1.29, 1.82) is 0 Å². The summed E-state index contributed by atoms with van der Waals surface area (Å²) in [6.07, 6.45) is 5.06. The third-order valence-electron chi connectivity index (χ3n) is 5.40. The lowest BCUT2D eigenvalue weighted by Gasteiger charge is -2.40. The highest BCUT2D eigenvalue weighted by Crippen LogP contribution is 2.18. The largest absolute Gasteiger partial charge is 0.339 e. The fourth-order valence-electron chi connectivity index (χ4n) is 3.85. The van der Waals surface area contributed by atoms with E-state index in [2.05, 4.69) is 11.8 Å². The molecule has 2 unspecified atom stereocenters. The zero-order valence-electron chi connectivity index (χ0n) is 15.6. The number of hydrogen-bond donors (Lipinski definition) is 1. The van der Waals surface area contributed by atoms with E-state index in [1.54, 1.807) is 0 Å². The standard InChI is InChI=1S/C18H34N4O2/c1-4-8-18(3,19)17(24)21-12-10-20(11-13-21)14-16(23)22-9-6-5-7-15(22)2/h15H,4-14,19H2,1-3H3. The van der Waals surface area contributed by atoms with Crippen LogP contribution in [0, 0.1) is 0 Å². The first-order valence-electron chi connectivity index (χ1n) is 9.45. The number of amides is 2. The van der Waals surface area contributed by atoms with E-state index in [0.29, 0.717) is 32.1 Å². The number of carbonyl (C=O) groups is 2. The average molecular weight is 338 g/mol. The minimum Gasteiger partial charge on any atom is -0.339 e. The van der Waals surface area contributed by atoms with Crippen molar-refractivity contribution in [3.63, 3.8) is 0 Å². The minimum atomic E-state index is -0.768. The molecule has 0 aromatic rings. The van der Waals surface area contributed by atoms with Crippen molar-refractivity contribution in [1.82, 2.24) is 14.7 Å². The molecule has 2 heterocycles. The van der Waals surface area contributed by atoms with Crippen LogP contribution in [0.5, 0.6) is 0 Å². The molecule has 2 rings (SSSR count). The average Bonchev–Trinajstić information content (AvgIpc) is 2.55. The van der Waals surface area contributed by atoms with Gasteiger partial charge in [-0.1, -0.05) is 13.3 Å². The molecular formula is C18H34N4O2. The van der Waals surface area contributed by atoms with Gasteiger partial charge in [-0.05, 0) is 39.5 Å². The predicted octanol–water partition coefficient (Wildman–Crippen LogP) is 1.05. The van der Waals surface area contributed by atoms with Crippen LogP contribution in [0.15, 0.2) is 0 Å². The van der Waals surface area contributed by atoms with Gasteiger partial charge in [0, 0.05) is 38.8 Å². The molecule has 138 valence electrons. The first kappa shape index (κ1) is 19.2. The van der Waals surface area contributed by atoms with Crippen molar-refractivity contribution < 1.29 is 9.59 Å². The molecule has 2 amide bonds. The lowest BCUT2D eigenvalue weighted by molar-refractivity contribution is -0.140. The number of piperazine rings is 1. The monoisotopic (exact) mass is 338 g/mol. The Kier molecular flexibility index (Phi) is 6.63. The molecule has 0 aliphatic carbocycles. The molecule has 2 aliphatic rings. The molecule has 6 nitrogen and oxygen atoms in total. The lowest BCUT2D eigenvalue weighted by Crippen LogP contribution is -2.59. The predicted molar refractivity (Wildman–Crippen MR) is 95.5 cm³/mol. The van der Waals surface area contributed by atoms with Crippen LogP contribution in [0.4, 0.5) is 0 Å².